The van der Waals surface area contributed by atoms with E-state index in [4.69, 9.17) is 0 Å². The lowest BCUT2D eigenvalue weighted by molar-refractivity contribution is -0.121. The number of nitrogens with zero attached hydrogens (tertiary/aromatic N) is 5. The second-order valence-electron chi connectivity index (χ2n) is 9.74. The van der Waals surface area contributed by atoms with E-state index in [2.05, 4.69) is 15.4 Å². The third kappa shape index (κ3) is 7.03. The van der Waals surface area contributed by atoms with E-state index < -0.39 is 0 Å². The van der Waals surface area contributed by atoms with E-state index >= 15 is 0 Å². The van der Waals surface area contributed by atoms with Crippen molar-refractivity contribution in [1.29, 1.82) is 0 Å². The standard InChI is InChI=1S/C28H34N6O3/c1-21(2)19-33(15-11-26(35)30-18-23-10-6-12-29-17-23)27(36)24-16-25-28(37)32(13-7-14-34(25)31-24)20-22-8-4-3-5-9-22/h3-6,8-10,12,16-17,21H,7,11,13-15,18-20H2,1-2H3,(H,30,35). The fraction of sp³-hybridized carbons (Fsp3) is 0.393. The largest absolute Gasteiger partial charge is 0.352 e. The van der Waals surface area contributed by atoms with Crippen molar-refractivity contribution in [3.8, 4) is 0 Å². The number of pyridine rings is 1. The number of aryl methyl sites for hydroxylation is 1. The number of aromatic nitrogens is 3. The smallest absolute Gasteiger partial charge is 0.274 e. The van der Waals surface area contributed by atoms with E-state index in [1.54, 1.807) is 28.0 Å². The predicted molar refractivity (Wildman–Crippen MR) is 139 cm³/mol. The van der Waals surface area contributed by atoms with Crippen LogP contribution in [0, 0.1) is 5.92 Å². The highest BCUT2D eigenvalue weighted by molar-refractivity contribution is 5.98. The van der Waals surface area contributed by atoms with Gasteiger partial charge in [-0.15, -0.1) is 0 Å². The molecule has 0 spiro atoms. The minimum Gasteiger partial charge on any atom is -0.352 e. The Balaban J connectivity index is 1.42. The molecule has 3 aromatic rings. The summed E-state index contributed by atoms with van der Waals surface area (Å²) in [5, 5.41) is 7.38. The number of hydrogen-bond acceptors (Lipinski definition) is 5. The maximum absolute atomic E-state index is 13.4. The molecule has 9 nitrogen and oxygen atoms in total. The van der Waals surface area contributed by atoms with Crippen LogP contribution in [0.2, 0.25) is 0 Å². The molecule has 0 fully saturated rings. The summed E-state index contributed by atoms with van der Waals surface area (Å²) in [6.45, 7) is 6.92. The van der Waals surface area contributed by atoms with Crippen molar-refractivity contribution in [2.45, 2.75) is 46.3 Å². The van der Waals surface area contributed by atoms with Crippen molar-refractivity contribution in [2.75, 3.05) is 19.6 Å². The molecule has 0 aliphatic carbocycles. The van der Waals surface area contributed by atoms with E-state index in [1.807, 2.05) is 61.2 Å². The first-order valence-electron chi connectivity index (χ1n) is 12.8. The third-order valence-electron chi connectivity index (χ3n) is 6.21. The minimum atomic E-state index is -0.267. The van der Waals surface area contributed by atoms with Gasteiger partial charge in [-0.3, -0.25) is 24.0 Å². The van der Waals surface area contributed by atoms with Crippen LogP contribution in [-0.4, -0.2) is 61.9 Å². The van der Waals surface area contributed by atoms with E-state index in [-0.39, 0.29) is 42.3 Å². The fourth-order valence-electron chi connectivity index (χ4n) is 4.40. The zero-order valence-corrected chi connectivity index (χ0v) is 21.5. The average molecular weight is 503 g/mol. The predicted octanol–water partition coefficient (Wildman–Crippen LogP) is 3.13. The molecule has 0 unspecified atom stereocenters. The van der Waals surface area contributed by atoms with Gasteiger partial charge in [0.15, 0.2) is 5.69 Å². The summed E-state index contributed by atoms with van der Waals surface area (Å²) in [4.78, 5) is 46.7. The van der Waals surface area contributed by atoms with Gasteiger partial charge in [0.25, 0.3) is 11.8 Å². The number of fused-ring (bicyclic) bond motifs is 1. The molecule has 0 bridgehead atoms. The van der Waals surface area contributed by atoms with Crippen LogP contribution in [0.3, 0.4) is 0 Å². The van der Waals surface area contributed by atoms with Crippen molar-refractivity contribution in [1.82, 2.24) is 29.9 Å². The third-order valence-corrected chi connectivity index (χ3v) is 6.21. The van der Waals surface area contributed by atoms with Crippen LogP contribution in [0.25, 0.3) is 0 Å². The molecule has 0 saturated heterocycles. The normalized spacial score (nSPS) is 13.3. The van der Waals surface area contributed by atoms with Gasteiger partial charge in [-0.05, 0) is 29.5 Å². The van der Waals surface area contributed by atoms with Crippen molar-refractivity contribution in [3.05, 3.63) is 83.4 Å². The number of carbonyl (C=O) groups excluding carboxylic acids is 3. The molecule has 9 heteroatoms. The van der Waals surface area contributed by atoms with Crippen LogP contribution in [0.5, 0.6) is 0 Å². The molecule has 0 radical (unpaired) electrons. The second kappa shape index (κ2) is 12.3. The highest BCUT2D eigenvalue weighted by atomic mass is 16.2. The average Bonchev–Trinajstić information content (AvgIpc) is 3.27. The zero-order chi connectivity index (χ0) is 26.2. The van der Waals surface area contributed by atoms with Gasteiger partial charge in [-0.2, -0.15) is 5.10 Å². The molecule has 0 atom stereocenters. The van der Waals surface area contributed by atoms with E-state index in [0.717, 1.165) is 17.5 Å². The lowest BCUT2D eigenvalue weighted by Crippen LogP contribution is -2.37. The Kier molecular flexibility index (Phi) is 8.66. The van der Waals surface area contributed by atoms with Gasteiger partial charge in [0.2, 0.25) is 5.91 Å². The first kappa shape index (κ1) is 26.1. The first-order valence-corrected chi connectivity index (χ1v) is 12.8. The fourth-order valence-corrected chi connectivity index (χ4v) is 4.40. The molecular formula is C28H34N6O3. The quantitative estimate of drug-likeness (QED) is 0.459. The molecule has 37 heavy (non-hydrogen) atoms. The molecule has 1 aromatic carbocycles. The summed E-state index contributed by atoms with van der Waals surface area (Å²) < 4.78 is 1.65. The van der Waals surface area contributed by atoms with Crippen LogP contribution in [-0.2, 0) is 24.4 Å². The van der Waals surface area contributed by atoms with Crippen LogP contribution < -0.4 is 5.32 Å². The van der Waals surface area contributed by atoms with Gasteiger partial charge in [0.05, 0.1) is 0 Å². The summed E-state index contributed by atoms with van der Waals surface area (Å²) >= 11 is 0. The molecule has 194 valence electrons. The van der Waals surface area contributed by atoms with Crippen LogP contribution in [0.4, 0.5) is 0 Å². The molecule has 3 heterocycles. The molecule has 1 aliphatic heterocycles. The van der Waals surface area contributed by atoms with Gasteiger partial charge in [0.1, 0.15) is 5.69 Å². The van der Waals surface area contributed by atoms with Crippen molar-refractivity contribution >= 4 is 17.7 Å². The van der Waals surface area contributed by atoms with Gasteiger partial charge in [-0.25, -0.2) is 0 Å². The Morgan fingerprint density at radius 1 is 1.08 bits per heavy atom. The second-order valence-corrected chi connectivity index (χ2v) is 9.74. The van der Waals surface area contributed by atoms with Crippen molar-refractivity contribution < 1.29 is 14.4 Å². The summed E-state index contributed by atoms with van der Waals surface area (Å²) in [5.74, 6) is -0.321. The zero-order valence-electron chi connectivity index (χ0n) is 21.5. The molecule has 1 N–H and O–H groups in total. The SMILES string of the molecule is CC(C)CN(CCC(=O)NCc1cccnc1)C(=O)c1cc2n(n1)CCCN(Cc1ccccc1)C2=O. The number of nitrogens with one attached hydrogen (secondary N) is 1. The summed E-state index contributed by atoms with van der Waals surface area (Å²) in [6.07, 6.45) is 4.33. The topological polar surface area (TPSA) is 100 Å². The Labute approximate surface area is 217 Å². The molecular weight excluding hydrogens is 468 g/mol. The molecule has 4 rings (SSSR count). The van der Waals surface area contributed by atoms with Crippen LogP contribution in [0.15, 0.2) is 60.9 Å². The summed E-state index contributed by atoms with van der Waals surface area (Å²) in [6, 6.07) is 15.2. The van der Waals surface area contributed by atoms with E-state index in [0.29, 0.717) is 38.4 Å². The number of carbonyl (C=O) groups is 3. The van der Waals surface area contributed by atoms with Gasteiger partial charge < -0.3 is 15.1 Å². The highest BCUT2D eigenvalue weighted by Crippen LogP contribution is 2.18. The minimum absolute atomic E-state index is 0.127. The number of hydrogen-bond donors (Lipinski definition) is 1. The molecule has 1 aliphatic rings. The van der Waals surface area contributed by atoms with Crippen molar-refractivity contribution in [3.63, 3.8) is 0 Å². The maximum Gasteiger partial charge on any atom is 0.274 e. The maximum atomic E-state index is 13.4. The summed E-state index contributed by atoms with van der Waals surface area (Å²) in [7, 11) is 0. The van der Waals surface area contributed by atoms with Crippen LogP contribution >= 0.6 is 0 Å². The lowest BCUT2D eigenvalue weighted by Gasteiger charge is -2.23. The monoisotopic (exact) mass is 502 g/mol. The Bertz CT molecular complexity index is 1210. The first-order chi connectivity index (χ1) is 17.9. The number of benzene rings is 1. The number of rotatable bonds is 10. The number of amides is 3. The summed E-state index contributed by atoms with van der Waals surface area (Å²) in [5.41, 5.74) is 2.64. The Hall–Kier alpha value is -4.01. The molecule has 0 saturated carbocycles. The highest BCUT2D eigenvalue weighted by Gasteiger charge is 2.28. The van der Waals surface area contributed by atoms with Crippen molar-refractivity contribution in [2.24, 2.45) is 5.92 Å². The van der Waals surface area contributed by atoms with Crippen LogP contribution in [0.1, 0.15) is 58.8 Å². The van der Waals surface area contributed by atoms with E-state index in [9.17, 15) is 14.4 Å². The van der Waals surface area contributed by atoms with E-state index in [1.165, 1.54) is 0 Å². The van der Waals surface area contributed by atoms with Gasteiger partial charge >= 0.3 is 0 Å². The van der Waals surface area contributed by atoms with Gasteiger partial charge in [-0.1, -0.05) is 50.2 Å². The lowest BCUT2D eigenvalue weighted by atomic mass is 10.2. The molecule has 2 aromatic heterocycles. The molecule has 3 amide bonds. The Morgan fingerprint density at radius 3 is 2.59 bits per heavy atom. The van der Waals surface area contributed by atoms with Gasteiger partial charge in [0, 0.05) is 64.1 Å². The Morgan fingerprint density at radius 2 is 1.86 bits per heavy atom.